The topological polar surface area (TPSA) is 66.4 Å². The van der Waals surface area contributed by atoms with Gasteiger partial charge >= 0.3 is 5.97 Å². The van der Waals surface area contributed by atoms with Gasteiger partial charge in [-0.25, -0.2) is 4.79 Å². The molecule has 4 nitrogen and oxygen atoms in total. The van der Waals surface area contributed by atoms with Crippen molar-refractivity contribution >= 4 is 35.2 Å². The van der Waals surface area contributed by atoms with Gasteiger partial charge in [0.15, 0.2) is 0 Å². The van der Waals surface area contributed by atoms with Gasteiger partial charge in [0, 0.05) is 11.1 Å². The summed E-state index contributed by atoms with van der Waals surface area (Å²) in [5.74, 6) is -1.55. The highest BCUT2D eigenvalue weighted by Crippen LogP contribution is 2.21. The first kappa shape index (κ1) is 15.8. The third-order valence-electron chi connectivity index (χ3n) is 3.07. The number of nitrogens with one attached hydrogen (secondary N) is 1. The first-order valence-electron chi connectivity index (χ1n) is 6.55. The van der Waals surface area contributed by atoms with Crippen LogP contribution in [0.5, 0.6) is 0 Å². The molecule has 0 radical (unpaired) electrons. The van der Waals surface area contributed by atoms with E-state index in [4.69, 9.17) is 16.7 Å². The van der Waals surface area contributed by atoms with Crippen molar-refractivity contribution in [1.82, 2.24) is 0 Å². The molecule has 0 aliphatic rings. The number of aromatic carboxylic acids is 1. The van der Waals surface area contributed by atoms with Crippen molar-refractivity contribution in [2.75, 3.05) is 5.32 Å². The molecule has 0 heterocycles. The Labute approximate surface area is 133 Å². The number of benzene rings is 2. The predicted molar refractivity (Wildman–Crippen MR) is 87.3 cm³/mol. The average Bonchev–Trinajstić information content (AvgIpc) is 2.46. The summed E-state index contributed by atoms with van der Waals surface area (Å²) in [5.41, 5.74) is 2.12. The van der Waals surface area contributed by atoms with Gasteiger partial charge in [0.05, 0.1) is 11.3 Å². The fraction of sp³-hybridized carbons (Fsp3) is 0.0588. The van der Waals surface area contributed by atoms with Crippen molar-refractivity contribution in [3.8, 4) is 0 Å². The number of carboxylic acids is 1. The average molecular weight is 316 g/mol. The summed E-state index contributed by atoms with van der Waals surface area (Å²) in [7, 11) is 0. The fourth-order valence-electron chi connectivity index (χ4n) is 1.92. The quantitative estimate of drug-likeness (QED) is 0.838. The van der Waals surface area contributed by atoms with Gasteiger partial charge in [0.1, 0.15) is 0 Å². The number of anilines is 1. The fourth-order valence-corrected chi connectivity index (χ4v) is 2.09. The number of hydrogen-bond donors (Lipinski definition) is 2. The van der Waals surface area contributed by atoms with Crippen molar-refractivity contribution in [3.05, 3.63) is 70.3 Å². The van der Waals surface area contributed by atoms with Gasteiger partial charge in [-0.1, -0.05) is 35.9 Å². The summed E-state index contributed by atoms with van der Waals surface area (Å²) < 4.78 is 0. The standard InChI is InChI=1S/C17H14ClNO3/c1-11-4-2-3-5-12(11)6-9-16(20)19-15-10-13(18)7-8-14(15)17(21)22/h2-10H,1H3,(H,19,20)(H,21,22). The van der Waals surface area contributed by atoms with Crippen LogP contribution in [0.1, 0.15) is 21.5 Å². The first-order chi connectivity index (χ1) is 10.5. The van der Waals surface area contributed by atoms with Crippen LogP contribution in [0.3, 0.4) is 0 Å². The third kappa shape index (κ3) is 3.96. The molecule has 1 amide bonds. The normalized spacial score (nSPS) is 10.6. The minimum Gasteiger partial charge on any atom is -0.478 e. The van der Waals surface area contributed by atoms with E-state index in [0.29, 0.717) is 5.02 Å². The zero-order valence-electron chi connectivity index (χ0n) is 11.8. The van der Waals surface area contributed by atoms with E-state index in [9.17, 15) is 9.59 Å². The zero-order chi connectivity index (χ0) is 16.1. The maximum absolute atomic E-state index is 11.9. The second-order valence-electron chi connectivity index (χ2n) is 4.67. The Hall–Kier alpha value is -2.59. The lowest BCUT2D eigenvalue weighted by molar-refractivity contribution is -0.111. The summed E-state index contributed by atoms with van der Waals surface area (Å²) in [5, 5.41) is 12.0. The molecule has 22 heavy (non-hydrogen) atoms. The van der Waals surface area contributed by atoms with Gasteiger partial charge in [-0.3, -0.25) is 4.79 Å². The maximum atomic E-state index is 11.9. The Morgan fingerprint density at radius 2 is 1.91 bits per heavy atom. The minimum absolute atomic E-state index is 0.0120. The van der Waals surface area contributed by atoms with E-state index in [0.717, 1.165) is 11.1 Å². The van der Waals surface area contributed by atoms with Crippen LogP contribution in [0.4, 0.5) is 5.69 Å². The smallest absolute Gasteiger partial charge is 0.337 e. The number of carboxylic acid groups (broad SMARTS) is 1. The van der Waals surface area contributed by atoms with E-state index in [1.807, 2.05) is 31.2 Å². The van der Waals surface area contributed by atoms with E-state index in [2.05, 4.69) is 5.32 Å². The van der Waals surface area contributed by atoms with E-state index in [1.54, 1.807) is 6.08 Å². The number of rotatable bonds is 4. The number of carbonyl (C=O) groups is 2. The maximum Gasteiger partial charge on any atom is 0.337 e. The number of aryl methyl sites for hydroxylation is 1. The Kier molecular flexibility index (Phi) is 4.96. The molecule has 2 aromatic rings. The lowest BCUT2D eigenvalue weighted by atomic mass is 10.1. The van der Waals surface area contributed by atoms with Gasteiger partial charge in [0.25, 0.3) is 0 Å². The Morgan fingerprint density at radius 1 is 1.18 bits per heavy atom. The summed E-state index contributed by atoms with van der Waals surface area (Å²) in [4.78, 5) is 23.1. The molecule has 0 aliphatic carbocycles. The number of halogens is 1. The van der Waals surface area contributed by atoms with Crippen LogP contribution >= 0.6 is 11.6 Å². The first-order valence-corrected chi connectivity index (χ1v) is 6.92. The molecule has 0 aromatic heterocycles. The van der Waals surface area contributed by atoms with Crippen LogP contribution in [-0.4, -0.2) is 17.0 Å². The van der Waals surface area contributed by atoms with E-state index in [-0.39, 0.29) is 11.3 Å². The van der Waals surface area contributed by atoms with Gasteiger partial charge in [0.2, 0.25) is 5.91 Å². The van der Waals surface area contributed by atoms with Crippen LogP contribution in [0.2, 0.25) is 5.02 Å². The molecule has 0 saturated carbocycles. The minimum atomic E-state index is -1.13. The summed E-state index contributed by atoms with van der Waals surface area (Å²) in [6.45, 7) is 1.94. The van der Waals surface area contributed by atoms with Crippen molar-refractivity contribution in [2.45, 2.75) is 6.92 Å². The summed E-state index contributed by atoms with van der Waals surface area (Å²) in [6, 6.07) is 11.8. The van der Waals surface area contributed by atoms with Crippen LogP contribution in [0.25, 0.3) is 6.08 Å². The molecule has 0 aliphatic heterocycles. The van der Waals surface area contributed by atoms with Crippen molar-refractivity contribution < 1.29 is 14.7 Å². The molecule has 0 spiro atoms. The summed E-state index contributed by atoms with van der Waals surface area (Å²) >= 11 is 5.84. The zero-order valence-corrected chi connectivity index (χ0v) is 12.6. The number of hydrogen-bond acceptors (Lipinski definition) is 2. The summed E-state index contributed by atoms with van der Waals surface area (Å²) in [6.07, 6.45) is 3.03. The van der Waals surface area contributed by atoms with Crippen molar-refractivity contribution in [1.29, 1.82) is 0 Å². The van der Waals surface area contributed by atoms with Crippen molar-refractivity contribution in [2.24, 2.45) is 0 Å². The van der Waals surface area contributed by atoms with E-state index >= 15 is 0 Å². The Bertz CT molecular complexity index is 753. The molecule has 2 N–H and O–H groups in total. The van der Waals surface area contributed by atoms with Crippen LogP contribution in [0, 0.1) is 6.92 Å². The molecule has 2 aromatic carbocycles. The third-order valence-corrected chi connectivity index (χ3v) is 3.31. The van der Waals surface area contributed by atoms with Crippen molar-refractivity contribution in [3.63, 3.8) is 0 Å². The second kappa shape index (κ2) is 6.91. The van der Waals surface area contributed by atoms with Gasteiger partial charge in [-0.15, -0.1) is 0 Å². The molecule has 112 valence electrons. The largest absolute Gasteiger partial charge is 0.478 e. The van der Waals surface area contributed by atoms with Gasteiger partial charge in [-0.05, 0) is 42.3 Å². The molecule has 0 fully saturated rings. The number of amides is 1. The van der Waals surface area contributed by atoms with Crippen LogP contribution in [0.15, 0.2) is 48.5 Å². The Morgan fingerprint density at radius 3 is 2.59 bits per heavy atom. The Balaban J connectivity index is 2.18. The van der Waals surface area contributed by atoms with Gasteiger partial charge in [-0.2, -0.15) is 0 Å². The molecule has 0 atom stereocenters. The molecular formula is C17H14ClNO3. The monoisotopic (exact) mass is 315 g/mol. The molecule has 2 rings (SSSR count). The predicted octanol–water partition coefficient (Wildman–Crippen LogP) is 4.00. The van der Waals surface area contributed by atoms with Gasteiger partial charge < -0.3 is 10.4 Å². The number of carbonyl (C=O) groups excluding carboxylic acids is 1. The molecule has 5 heteroatoms. The molecule has 0 bridgehead atoms. The van der Waals surface area contributed by atoms with E-state index in [1.165, 1.54) is 24.3 Å². The highest BCUT2D eigenvalue weighted by molar-refractivity contribution is 6.31. The highest BCUT2D eigenvalue weighted by Gasteiger charge is 2.11. The van der Waals surface area contributed by atoms with E-state index < -0.39 is 11.9 Å². The lowest BCUT2D eigenvalue weighted by Gasteiger charge is -2.07. The highest BCUT2D eigenvalue weighted by atomic mass is 35.5. The van der Waals surface area contributed by atoms with Crippen LogP contribution in [-0.2, 0) is 4.79 Å². The van der Waals surface area contributed by atoms with Crippen LogP contribution < -0.4 is 5.32 Å². The lowest BCUT2D eigenvalue weighted by Crippen LogP contribution is -2.12. The second-order valence-corrected chi connectivity index (χ2v) is 5.11. The molecule has 0 unspecified atom stereocenters. The molecular weight excluding hydrogens is 302 g/mol. The molecule has 0 saturated heterocycles. The SMILES string of the molecule is Cc1ccccc1C=CC(=O)Nc1cc(Cl)ccc1C(=O)O.